The van der Waals surface area contributed by atoms with Crippen molar-refractivity contribution in [3.63, 3.8) is 0 Å². The molecule has 4 atom stereocenters. The van der Waals surface area contributed by atoms with Crippen molar-refractivity contribution in [1.82, 2.24) is 30.1 Å². The van der Waals surface area contributed by atoms with Gasteiger partial charge in [-0.15, -0.1) is 10.2 Å². The summed E-state index contributed by atoms with van der Waals surface area (Å²) >= 11 is 1.63. The molecule has 4 aromatic heterocycles. The normalized spacial score (nSPS) is 22.1. The number of rotatable bonds is 6. The van der Waals surface area contributed by atoms with Gasteiger partial charge in [0, 0.05) is 29.9 Å². The van der Waals surface area contributed by atoms with Gasteiger partial charge < -0.3 is 15.4 Å². The van der Waals surface area contributed by atoms with Crippen molar-refractivity contribution in [1.29, 1.82) is 5.26 Å². The summed E-state index contributed by atoms with van der Waals surface area (Å²) in [5, 5.41) is 31.4. The third-order valence-corrected chi connectivity index (χ3v) is 8.95. The van der Waals surface area contributed by atoms with Gasteiger partial charge in [0.1, 0.15) is 11.1 Å². The topological polar surface area (TPSA) is 130 Å². The highest BCUT2D eigenvalue weighted by Gasteiger charge is 2.44. The van der Waals surface area contributed by atoms with Crippen LogP contribution in [0, 0.1) is 23.2 Å². The van der Waals surface area contributed by atoms with Crippen LogP contribution in [-0.4, -0.2) is 50.1 Å². The van der Waals surface area contributed by atoms with Gasteiger partial charge in [-0.1, -0.05) is 11.3 Å². The van der Waals surface area contributed by atoms with Crippen LogP contribution in [0.4, 0.5) is 10.5 Å². The van der Waals surface area contributed by atoms with E-state index in [9.17, 15) is 10.1 Å². The highest BCUT2D eigenvalue weighted by atomic mass is 32.1. The van der Waals surface area contributed by atoms with Crippen molar-refractivity contribution in [3.8, 4) is 28.0 Å². The molecular weight excluding hydrogens is 512 g/mol. The van der Waals surface area contributed by atoms with Crippen molar-refractivity contribution in [2.75, 3.05) is 12.4 Å². The number of anilines is 1. The Morgan fingerprint density at radius 2 is 1.97 bits per heavy atom. The third kappa shape index (κ3) is 4.81. The summed E-state index contributed by atoms with van der Waals surface area (Å²) in [6.07, 6.45) is 7.31. The van der Waals surface area contributed by atoms with Gasteiger partial charge in [0.15, 0.2) is 5.01 Å². The molecule has 0 radical (unpaired) electrons. The number of hydrogen-bond acceptors (Lipinski definition) is 9. The first-order chi connectivity index (χ1) is 18.9. The van der Waals surface area contributed by atoms with Gasteiger partial charge in [0.25, 0.3) is 0 Å². The minimum Gasteiger partial charge on any atom is -0.453 e. The standard InChI is InChI=1S/C28H30N8O2S/c1-15(2)32-22-11-23(24-7-6-20-8-16(12-29)13-31-36(20)24)30-14-21(22)27-35-34-26(39-27)19-9-17-4-5-18(10-19)25(17)33-28(37)38-3/h6-8,11,13-15,17-19,25H,4-5,9-10H2,1-3H3,(H,30,32)(H,33,37)/t17-,18+,19?,25?. The monoisotopic (exact) mass is 542 g/mol. The van der Waals surface area contributed by atoms with Crippen molar-refractivity contribution >= 4 is 28.6 Å². The molecule has 10 nitrogen and oxygen atoms in total. The Bertz CT molecular complexity index is 1560. The Morgan fingerprint density at radius 3 is 2.69 bits per heavy atom. The van der Waals surface area contributed by atoms with E-state index in [1.165, 1.54) is 7.11 Å². The molecular formula is C28H30N8O2S. The van der Waals surface area contributed by atoms with E-state index in [2.05, 4.69) is 45.8 Å². The van der Waals surface area contributed by atoms with Gasteiger partial charge in [-0.2, -0.15) is 10.4 Å². The van der Waals surface area contributed by atoms with Crippen LogP contribution in [0.2, 0.25) is 0 Å². The summed E-state index contributed by atoms with van der Waals surface area (Å²) in [5.74, 6) is 1.22. The number of aromatic nitrogens is 5. The quantitative estimate of drug-likeness (QED) is 0.339. The van der Waals surface area contributed by atoms with Gasteiger partial charge >= 0.3 is 6.09 Å². The Labute approximate surface area is 230 Å². The molecule has 0 saturated heterocycles. The molecule has 0 aliphatic heterocycles. The number of nitrogens with zero attached hydrogens (tertiary/aromatic N) is 6. The fourth-order valence-electron chi connectivity index (χ4n) is 6.12. The van der Waals surface area contributed by atoms with Crippen LogP contribution in [0.25, 0.3) is 27.5 Å². The van der Waals surface area contributed by atoms with Gasteiger partial charge in [0.2, 0.25) is 0 Å². The summed E-state index contributed by atoms with van der Waals surface area (Å²) in [7, 11) is 1.42. The number of nitrogens with one attached hydrogen (secondary N) is 2. The number of carbonyl (C=O) groups is 1. The molecule has 4 aromatic rings. The zero-order valence-corrected chi connectivity index (χ0v) is 22.9. The maximum absolute atomic E-state index is 11.8. The summed E-state index contributed by atoms with van der Waals surface area (Å²) in [6, 6.07) is 10.3. The SMILES string of the molecule is COC(=O)NC1[C@@H]2CC[C@H]1CC(c1nnc(-c3cnc(-c4ccc5cc(C#N)cnn45)cc3NC(C)C)s1)C2. The molecule has 2 saturated carbocycles. The van der Waals surface area contributed by atoms with Crippen LogP contribution in [-0.2, 0) is 4.74 Å². The first kappa shape index (κ1) is 25.2. The Hall–Kier alpha value is -4.04. The lowest BCUT2D eigenvalue weighted by Gasteiger charge is -2.34. The smallest absolute Gasteiger partial charge is 0.407 e. The largest absolute Gasteiger partial charge is 0.453 e. The molecule has 2 bridgehead atoms. The highest BCUT2D eigenvalue weighted by molar-refractivity contribution is 7.14. The van der Waals surface area contributed by atoms with Crippen molar-refractivity contribution in [2.24, 2.45) is 11.8 Å². The van der Waals surface area contributed by atoms with Crippen LogP contribution in [0.5, 0.6) is 0 Å². The summed E-state index contributed by atoms with van der Waals surface area (Å²) in [5.41, 5.74) is 4.84. The number of nitriles is 1. The summed E-state index contributed by atoms with van der Waals surface area (Å²) in [6.45, 7) is 4.20. The maximum atomic E-state index is 11.8. The van der Waals surface area contributed by atoms with Crippen molar-refractivity contribution in [3.05, 3.63) is 47.2 Å². The number of ether oxygens (including phenoxy) is 1. The molecule has 2 N–H and O–H groups in total. The predicted octanol–water partition coefficient (Wildman–Crippen LogP) is 5.23. The van der Waals surface area contributed by atoms with Crippen LogP contribution < -0.4 is 10.6 Å². The van der Waals surface area contributed by atoms with E-state index >= 15 is 0 Å². The number of amides is 1. The minimum atomic E-state index is -0.342. The molecule has 6 rings (SSSR count). The lowest BCUT2D eigenvalue weighted by molar-refractivity contribution is 0.149. The lowest BCUT2D eigenvalue weighted by Crippen LogP contribution is -2.44. The van der Waals surface area contributed by atoms with E-state index in [4.69, 9.17) is 9.72 Å². The minimum absolute atomic E-state index is 0.186. The number of carbonyl (C=O) groups excluding carboxylic acids is 1. The van der Waals surface area contributed by atoms with E-state index in [-0.39, 0.29) is 18.2 Å². The van der Waals surface area contributed by atoms with E-state index < -0.39 is 0 Å². The second kappa shape index (κ2) is 10.3. The molecule has 2 unspecified atom stereocenters. The lowest BCUT2D eigenvalue weighted by atomic mass is 9.77. The first-order valence-corrected chi connectivity index (χ1v) is 14.1. The molecule has 1 amide bonds. The van der Waals surface area contributed by atoms with E-state index in [1.807, 2.05) is 30.5 Å². The molecule has 0 aromatic carbocycles. The number of hydrogen-bond donors (Lipinski definition) is 2. The molecule has 2 aliphatic carbocycles. The Balaban J connectivity index is 1.27. The zero-order chi connectivity index (χ0) is 27.1. The van der Waals surface area contributed by atoms with E-state index in [1.54, 1.807) is 22.0 Å². The van der Waals surface area contributed by atoms with Crippen LogP contribution in [0.3, 0.4) is 0 Å². The highest BCUT2D eigenvalue weighted by Crippen LogP contribution is 2.49. The second-order valence-corrected chi connectivity index (χ2v) is 11.7. The molecule has 11 heteroatoms. The number of alkyl carbamates (subject to hydrolysis) is 1. The third-order valence-electron chi connectivity index (χ3n) is 7.83. The van der Waals surface area contributed by atoms with Crippen molar-refractivity contribution < 1.29 is 9.53 Å². The fraction of sp³-hybridized carbons (Fsp3) is 0.429. The number of methoxy groups -OCH3 is 1. The maximum Gasteiger partial charge on any atom is 0.407 e. The van der Waals surface area contributed by atoms with Crippen LogP contribution >= 0.6 is 11.3 Å². The first-order valence-electron chi connectivity index (χ1n) is 13.3. The Morgan fingerprint density at radius 1 is 1.18 bits per heavy atom. The fourth-order valence-corrected chi connectivity index (χ4v) is 7.11. The van der Waals surface area contributed by atoms with E-state index in [0.717, 1.165) is 63.9 Å². The Kier molecular flexibility index (Phi) is 6.64. The van der Waals surface area contributed by atoms with Gasteiger partial charge in [-0.3, -0.25) is 4.98 Å². The average molecular weight is 543 g/mol. The van der Waals surface area contributed by atoms with Crippen LogP contribution in [0.1, 0.15) is 56.0 Å². The van der Waals surface area contributed by atoms with E-state index in [0.29, 0.717) is 23.3 Å². The number of pyridine rings is 1. The molecule has 39 heavy (non-hydrogen) atoms. The molecule has 200 valence electrons. The molecule has 4 heterocycles. The molecule has 0 spiro atoms. The second-order valence-electron chi connectivity index (χ2n) is 10.7. The molecule has 2 aliphatic rings. The average Bonchev–Trinajstić information content (AvgIpc) is 3.64. The van der Waals surface area contributed by atoms with Gasteiger partial charge in [0.05, 0.1) is 41.3 Å². The molecule has 2 fully saturated rings. The summed E-state index contributed by atoms with van der Waals surface area (Å²) in [4.78, 5) is 16.6. The zero-order valence-electron chi connectivity index (χ0n) is 22.1. The van der Waals surface area contributed by atoms with Gasteiger partial charge in [-0.25, -0.2) is 9.31 Å². The van der Waals surface area contributed by atoms with Crippen molar-refractivity contribution in [2.45, 2.75) is 57.5 Å². The van der Waals surface area contributed by atoms with Crippen LogP contribution in [0.15, 0.2) is 36.7 Å². The van der Waals surface area contributed by atoms with Gasteiger partial charge in [-0.05, 0) is 75.6 Å². The predicted molar refractivity (Wildman–Crippen MR) is 148 cm³/mol. The number of fused-ring (bicyclic) bond motifs is 3. The summed E-state index contributed by atoms with van der Waals surface area (Å²) < 4.78 is 6.64.